The van der Waals surface area contributed by atoms with E-state index in [0.717, 1.165) is 13.1 Å². The maximum atomic E-state index is 8.57. The summed E-state index contributed by atoms with van der Waals surface area (Å²) in [5.74, 6) is 1.37. The zero-order chi connectivity index (χ0) is 9.40. The van der Waals surface area contributed by atoms with Gasteiger partial charge in [-0.15, -0.1) is 0 Å². The largest absolute Gasteiger partial charge is 0.305 e. The van der Waals surface area contributed by atoms with Crippen molar-refractivity contribution in [1.29, 1.82) is 5.26 Å². The predicted octanol–water partition coefficient (Wildman–Crippen LogP) is 1.83. The van der Waals surface area contributed by atoms with Gasteiger partial charge in [0.05, 0.1) is 12.0 Å². The van der Waals surface area contributed by atoms with Crippen LogP contribution < -0.4 is 0 Å². The van der Waals surface area contributed by atoms with Crippen LogP contribution in [-0.4, -0.2) is 37.0 Å². The molecule has 0 rings (SSSR count). The van der Waals surface area contributed by atoms with E-state index in [2.05, 4.69) is 24.3 Å². The van der Waals surface area contributed by atoms with E-state index in [1.54, 1.807) is 0 Å². The molecule has 0 radical (unpaired) electrons. The summed E-state index contributed by atoms with van der Waals surface area (Å²) in [4.78, 5) is 2.23. The first-order valence-electron chi connectivity index (χ1n) is 4.27. The Morgan fingerprint density at radius 2 is 2.25 bits per heavy atom. The van der Waals surface area contributed by atoms with Gasteiger partial charge in [-0.1, -0.05) is 0 Å². The molecule has 0 spiro atoms. The topological polar surface area (TPSA) is 27.0 Å². The fraction of sp³-hybridized carbons (Fsp3) is 0.889. The summed E-state index contributed by atoms with van der Waals surface area (Å²) in [7, 11) is 2.08. The lowest BCUT2D eigenvalue weighted by atomic mass is 10.2. The molecule has 0 aromatic heterocycles. The third kappa shape index (κ3) is 6.51. The molecule has 0 aromatic carbocycles. The van der Waals surface area contributed by atoms with Gasteiger partial charge < -0.3 is 4.90 Å². The van der Waals surface area contributed by atoms with E-state index >= 15 is 0 Å². The number of hydrogen-bond donors (Lipinski definition) is 0. The van der Waals surface area contributed by atoms with Gasteiger partial charge in [0.2, 0.25) is 0 Å². The van der Waals surface area contributed by atoms with Crippen LogP contribution in [0.15, 0.2) is 0 Å². The number of thioether (sulfide) groups is 1. The van der Waals surface area contributed by atoms with Crippen LogP contribution in [0.3, 0.4) is 0 Å². The van der Waals surface area contributed by atoms with E-state index in [0.29, 0.717) is 0 Å². The lowest BCUT2D eigenvalue weighted by Gasteiger charge is -2.16. The molecular weight excluding hydrogens is 168 g/mol. The third-order valence-electron chi connectivity index (χ3n) is 1.69. The van der Waals surface area contributed by atoms with Crippen LogP contribution in [0.4, 0.5) is 0 Å². The first-order valence-corrected chi connectivity index (χ1v) is 5.67. The Morgan fingerprint density at radius 1 is 1.58 bits per heavy atom. The zero-order valence-electron chi connectivity index (χ0n) is 8.21. The maximum Gasteiger partial charge on any atom is 0.0666 e. The number of rotatable bonds is 6. The lowest BCUT2D eigenvalue weighted by Crippen LogP contribution is -2.25. The van der Waals surface area contributed by atoms with Gasteiger partial charge in [-0.05, 0) is 38.9 Å². The highest BCUT2D eigenvalue weighted by Crippen LogP contribution is 2.00. The van der Waals surface area contributed by atoms with Crippen LogP contribution in [0.2, 0.25) is 0 Å². The number of nitrogens with zero attached hydrogens (tertiary/aromatic N) is 2. The summed E-state index contributed by atoms with van der Waals surface area (Å²) < 4.78 is 0. The molecule has 0 fully saturated rings. The van der Waals surface area contributed by atoms with E-state index in [-0.39, 0.29) is 5.92 Å². The Labute approximate surface area is 79.9 Å². The Balaban J connectivity index is 3.34. The molecule has 70 valence electrons. The van der Waals surface area contributed by atoms with Gasteiger partial charge in [-0.3, -0.25) is 0 Å². The molecule has 2 nitrogen and oxygen atoms in total. The third-order valence-corrected chi connectivity index (χ3v) is 2.39. The van der Waals surface area contributed by atoms with Gasteiger partial charge in [-0.25, -0.2) is 0 Å². The van der Waals surface area contributed by atoms with E-state index in [1.165, 1.54) is 12.2 Å². The molecule has 0 aromatic rings. The van der Waals surface area contributed by atoms with E-state index in [4.69, 9.17) is 5.26 Å². The fourth-order valence-corrected chi connectivity index (χ4v) is 1.50. The molecule has 0 aliphatic rings. The zero-order valence-corrected chi connectivity index (χ0v) is 9.02. The van der Waals surface area contributed by atoms with Crippen LogP contribution in [0.1, 0.15) is 13.3 Å². The summed E-state index contributed by atoms with van der Waals surface area (Å²) in [6.45, 7) is 3.96. The van der Waals surface area contributed by atoms with Gasteiger partial charge >= 0.3 is 0 Å². The van der Waals surface area contributed by atoms with Crippen molar-refractivity contribution in [2.45, 2.75) is 13.3 Å². The van der Waals surface area contributed by atoms with Crippen LogP contribution in [0.5, 0.6) is 0 Å². The molecule has 0 N–H and O–H groups in total. The van der Waals surface area contributed by atoms with Gasteiger partial charge in [-0.2, -0.15) is 17.0 Å². The van der Waals surface area contributed by atoms with Crippen molar-refractivity contribution in [1.82, 2.24) is 4.90 Å². The second-order valence-corrected chi connectivity index (χ2v) is 4.12. The molecule has 0 amide bonds. The minimum absolute atomic E-state index is 0.157. The highest BCUT2D eigenvalue weighted by molar-refractivity contribution is 7.98. The summed E-state index contributed by atoms with van der Waals surface area (Å²) in [6.07, 6.45) is 3.34. The molecule has 0 bridgehead atoms. The van der Waals surface area contributed by atoms with Crippen molar-refractivity contribution < 1.29 is 0 Å². The van der Waals surface area contributed by atoms with Crippen LogP contribution in [-0.2, 0) is 0 Å². The second kappa shape index (κ2) is 7.45. The molecule has 0 aliphatic carbocycles. The molecule has 0 saturated heterocycles. The SMILES string of the molecule is CSCCCN(C)CC(C)C#N. The molecular formula is C9H18N2S. The Hall–Kier alpha value is -0.200. The fourth-order valence-electron chi connectivity index (χ4n) is 1.08. The molecule has 0 saturated carbocycles. The maximum absolute atomic E-state index is 8.57. The Bertz CT molecular complexity index is 142. The smallest absolute Gasteiger partial charge is 0.0666 e. The van der Waals surface area contributed by atoms with Crippen LogP contribution in [0, 0.1) is 17.2 Å². The minimum Gasteiger partial charge on any atom is -0.305 e. The minimum atomic E-state index is 0.157. The van der Waals surface area contributed by atoms with E-state index < -0.39 is 0 Å². The number of hydrogen-bond acceptors (Lipinski definition) is 3. The molecule has 12 heavy (non-hydrogen) atoms. The van der Waals surface area contributed by atoms with Gasteiger partial charge in [0, 0.05) is 6.54 Å². The monoisotopic (exact) mass is 186 g/mol. The second-order valence-electron chi connectivity index (χ2n) is 3.14. The van der Waals surface area contributed by atoms with Gasteiger partial charge in [0.25, 0.3) is 0 Å². The highest BCUT2D eigenvalue weighted by Gasteiger charge is 2.03. The van der Waals surface area contributed by atoms with Crippen molar-refractivity contribution >= 4 is 11.8 Å². The lowest BCUT2D eigenvalue weighted by molar-refractivity contribution is 0.312. The Morgan fingerprint density at radius 3 is 2.75 bits per heavy atom. The van der Waals surface area contributed by atoms with Crippen molar-refractivity contribution in [2.24, 2.45) is 5.92 Å². The Kier molecular flexibility index (Phi) is 7.33. The van der Waals surface area contributed by atoms with Crippen LogP contribution >= 0.6 is 11.8 Å². The van der Waals surface area contributed by atoms with Crippen molar-refractivity contribution in [3.8, 4) is 6.07 Å². The van der Waals surface area contributed by atoms with Crippen molar-refractivity contribution in [2.75, 3.05) is 32.1 Å². The van der Waals surface area contributed by atoms with E-state index in [1.807, 2.05) is 18.7 Å². The quantitative estimate of drug-likeness (QED) is 0.592. The normalized spacial score (nSPS) is 12.9. The van der Waals surface area contributed by atoms with Gasteiger partial charge in [0.1, 0.15) is 0 Å². The van der Waals surface area contributed by atoms with Gasteiger partial charge in [0.15, 0.2) is 0 Å². The molecule has 0 aliphatic heterocycles. The first-order chi connectivity index (χ1) is 5.70. The molecule has 3 heteroatoms. The standard InChI is InChI=1S/C9H18N2S/c1-9(7-10)8-11(2)5-4-6-12-3/h9H,4-6,8H2,1-3H3. The molecule has 1 atom stereocenters. The summed E-state index contributed by atoms with van der Waals surface area (Å²) in [5, 5.41) is 8.57. The average molecular weight is 186 g/mol. The average Bonchev–Trinajstić information content (AvgIpc) is 2.05. The summed E-state index contributed by atoms with van der Waals surface area (Å²) in [5.41, 5.74) is 0. The van der Waals surface area contributed by atoms with Crippen LogP contribution in [0.25, 0.3) is 0 Å². The molecule has 1 unspecified atom stereocenters. The summed E-state index contributed by atoms with van der Waals surface area (Å²) >= 11 is 1.88. The highest BCUT2D eigenvalue weighted by atomic mass is 32.2. The van der Waals surface area contributed by atoms with Crippen molar-refractivity contribution in [3.05, 3.63) is 0 Å². The van der Waals surface area contributed by atoms with E-state index in [9.17, 15) is 0 Å². The van der Waals surface area contributed by atoms with Crippen molar-refractivity contribution in [3.63, 3.8) is 0 Å². The molecule has 0 heterocycles. The predicted molar refractivity (Wildman–Crippen MR) is 55.3 cm³/mol. The summed E-state index contributed by atoms with van der Waals surface area (Å²) in [6, 6.07) is 2.24. The first kappa shape index (κ1) is 11.8. The number of nitriles is 1.